The van der Waals surface area contributed by atoms with Crippen LogP contribution in [0.2, 0.25) is 0 Å². The molecule has 0 unspecified atom stereocenters. The van der Waals surface area contributed by atoms with E-state index < -0.39 is 5.82 Å². The molecule has 3 heterocycles. The summed E-state index contributed by atoms with van der Waals surface area (Å²) in [6, 6.07) is 21.0. The van der Waals surface area contributed by atoms with Crippen molar-refractivity contribution >= 4 is 11.0 Å². The predicted octanol–water partition coefficient (Wildman–Crippen LogP) is 5.65. The lowest BCUT2D eigenvalue weighted by atomic mass is 9.97. The third kappa shape index (κ3) is 4.37. The van der Waals surface area contributed by atoms with E-state index in [1.54, 1.807) is 23.2 Å². The Kier molecular flexibility index (Phi) is 6.16. The lowest BCUT2D eigenvalue weighted by Gasteiger charge is -2.18. The van der Waals surface area contributed by atoms with Gasteiger partial charge >= 0.3 is 0 Å². The Balaban J connectivity index is 1.39. The molecule has 3 aromatic carbocycles. The molecule has 0 radical (unpaired) electrons. The first-order valence-corrected chi connectivity index (χ1v) is 12.6. The van der Waals surface area contributed by atoms with Crippen LogP contribution in [0.1, 0.15) is 24.0 Å². The molecule has 1 aliphatic heterocycles. The number of hydrogen-bond donors (Lipinski definition) is 2. The first-order valence-electron chi connectivity index (χ1n) is 12.6. The normalized spacial score (nSPS) is 14.0. The highest BCUT2D eigenvalue weighted by Gasteiger charge is 2.20. The van der Waals surface area contributed by atoms with E-state index in [0.717, 1.165) is 42.0 Å². The summed E-state index contributed by atoms with van der Waals surface area (Å²) in [5.41, 5.74) is 12.0. The van der Waals surface area contributed by atoms with Crippen molar-refractivity contribution in [1.82, 2.24) is 19.4 Å². The molecule has 6 nitrogen and oxygen atoms in total. The maximum Gasteiger partial charge on any atom is 0.168 e. The lowest BCUT2D eigenvalue weighted by Crippen LogP contribution is -2.18. The van der Waals surface area contributed by atoms with Crippen LogP contribution in [0.4, 0.5) is 4.39 Å². The molecule has 1 fully saturated rings. The van der Waals surface area contributed by atoms with Crippen LogP contribution in [0.25, 0.3) is 39.1 Å². The number of pyridine rings is 1. The molecule has 1 aliphatic rings. The zero-order valence-electron chi connectivity index (χ0n) is 20.4. The van der Waals surface area contributed by atoms with Crippen molar-refractivity contribution in [3.05, 3.63) is 96.2 Å². The van der Waals surface area contributed by atoms with Gasteiger partial charge in [-0.1, -0.05) is 42.5 Å². The largest absolute Gasteiger partial charge is 0.504 e. The SMILES string of the molecule is NCc1cccc(-n2cnc3cnc(-c4ccc(-c5ccccc5CN5CCCC5)cc4F)c(O)c32)c1. The third-order valence-corrected chi connectivity index (χ3v) is 7.13. The number of fused-ring (bicyclic) bond motifs is 1. The standard InChI is InChI=1S/C30H28FN5O/c31-26-15-21(24-9-2-1-7-22(24)18-35-12-3-4-13-35)10-11-25(26)28-30(37)29-27(17-33-28)34-19-36(29)23-8-5-6-20(14-23)16-32/h1-2,5-11,14-15,17,19,37H,3-4,12-13,16,18,32H2. The number of imidazole rings is 1. The molecule has 186 valence electrons. The summed E-state index contributed by atoms with van der Waals surface area (Å²) in [7, 11) is 0. The van der Waals surface area contributed by atoms with Gasteiger partial charge in [0.15, 0.2) is 5.75 Å². The van der Waals surface area contributed by atoms with Gasteiger partial charge in [-0.25, -0.2) is 14.4 Å². The average Bonchev–Trinajstić information content (AvgIpc) is 3.60. The van der Waals surface area contributed by atoms with Crippen LogP contribution in [0.5, 0.6) is 5.75 Å². The first-order chi connectivity index (χ1) is 18.1. The van der Waals surface area contributed by atoms with E-state index in [2.05, 4.69) is 20.9 Å². The summed E-state index contributed by atoms with van der Waals surface area (Å²) in [5.74, 6) is -0.555. The zero-order valence-corrected chi connectivity index (χ0v) is 20.4. The Morgan fingerprint density at radius 2 is 1.76 bits per heavy atom. The van der Waals surface area contributed by atoms with E-state index in [-0.39, 0.29) is 17.0 Å². The number of nitrogens with zero attached hydrogens (tertiary/aromatic N) is 4. The van der Waals surface area contributed by atoms with Gasteiger partial charge in [0.05, 0.1) is 6.20 Å². The number of rotatable bonds is 6. The number of hydrogen-bond acceptors (Lipinski definition) is 5. The fourth-order valence-corrected chi connectivity index (χ4v) is 5.21. The highest BCUT2D eigenvalue weighted by atomic mass is 19.1. The van der Waals surface area contributed by atoms with Crippen LogP contribution in [-0.4, -0.2) is 37.6 Å². The van der Waals surface area contributed by atoms with Crippen molar-refractivity contribution in [2.75, 3.05) is 13.1 Å². The van der Waals surface area contributed by atoms with Gasteiger partial charge in [-0.15, -0.1) is 0 Å². The van der Waals surface area contributed by atoms with Crippen molar-refractivity contribution in [3.8, 4) is 33.8 Å². The van der Waals surface area contributed by atoms with Crippen molar-refractivity contribution in [2.45, 2.75) is 25.9 Å². The fraction of sp³-hybridized carbons (Fsp3) is 0.200. The second-order valence-corrected chi connectivity index (χ2v) is 9.51. The smallest absolute Gasteiger partial charge is 0.168 e. The van der Waals surface area contributed by atoms with Crippen LogP contribution in [0.15, 0.2) is 79.3 Å². The van der Waals surface area contributed by atoms with Crippen molar-refractivity contribution < 1.29 is 9.50 Å². The number of aromatic nitrogens is 3. The van der Waals surface area contributed by atoms with E-state index in [1.165, 1.54) is 24.5 Å². The van der Waals surface area contributed by atoms with Crippen LogP contribution >= 0.6 is 0 Å². The topological polar surface area (TPSA) is 80.2 Å². The van der Waals surface area contributed by atoms with Crippen LogP contribution < -0.4 is 5.73 Å². The molecule has 0 saturated carbocycles. The summed E-state index contributed by atoms with van der Waals surface area (Å²) in [6.07, 6.45) is 5.64. The highest BCUT2D eigenvalue weighted by Crippen LogP contribution is 2.37. The summed E-state index contributed by atoms with van der Waals surface area (Å²) in [4.78, 5) is 11.2. The maximum absolute atomic E-state index is 15.6. The second kappa shape index (κ2) is 9.76. The zero-order chi connectivity index (χ0) is 25.4. The van der Waals surface area contributed by atoms with Gasteiger partial charge in [-0.05, 0) is 72.5 Å². The molecular weight excluding hydrogens is 465 g/mol. The summed E-state index contributed by atoms with van der Waals surface area (Å²) in [5, 5.41) is 11.3. The molecule has 7 heteroatoms. The quantitative estimate of drug-likeness (QED) is 0.319. The van der Waals surface area contributed by atoms with Crippen molar-refractivity contribution in [2.24, 2.45) is 5.73 Å². The molecule has 2 aromatic heterocycles. The molecule has 0 spiro atoms. The summed E-state index contributed by atoms with van der Waals surface area (Å²) in [6.45, 7) is 3.45. The van der Waals surface area contributed by atoms with Crippen LogP contribution in [-0.2, 0) is 13.1 Å². The van der Waals surface area contributed by atoms with E-state index in [9.17, 15) is 5.11 Å². The molecular formula is C30H28FN5O. The van der Waals surface area contributed by atoms with Crippen molar-refractivity contribution in [1.29, 1.82) is 0 Å². The molecule has 0 aliphatic carbocycles. The third-order valence-electron chi connectivity index (χ3n) is 7.13. The van der Waals surface area contributed by atoms with Gasteiger partial charge in [0.1, 0.15) is 28.9 Å². The summed E-state index contributed by atoms with van der Waals surface area (Å²) >= 11 is 0. The average molecular weight is 494 g/mol. The minimum absolute atomic E-state index is 0.116. The number of likely N-dealkylation sites (tertiary alicyclic amines) is 1. The Morgan fingerprint density at radius 1 is 0.919 bits per heavy atom. The van der Waals surface area contributed by atoms with Crippen LogP contribution in [0, 0.1) is 5.82 Å². The molecule has 5 aromatic rings. The predicted molar refractivity (Wildman–Crippen MR) is 144 cm³/mol. The minimum Gasteiger partial charge on any atom is -0.504 e. The van der Waals surface area contributed by atoms with Gasteiger partial charge in [-0.3, -0.25) is 9.47 Å². The van der Waals surface area contributed by atoms with E-state index in [4.69, 9.17) is 5.73 Å². The van der Waals surface area contributed by atoms with E-state index >= 15 is 4.39 Å². The Hall–Kier alpha value is -4.07. The molecule has 0 atom stereocenters. The van der Waals surface area contributed by atoms with E-state index in [1.807, 2.05) is 48.5 Å². The molecule has 6 rings (SSSR count). The molecule has 37 heavy (non-hydrogen) atoms. The maximum atomic E-state index is 15.6. The van der Waals surface area contributed by atoms with Gasteiger partial charge in [0.2, 0.25) is 0 Å². The number of benzene rings is 3. The summed E-state index contributed by atoms with van der Waals surface area (Å²) < 4.78 is 17.4. The molecule has 1 saturated heterocycles. The number of nitrogens with two attached hydrogens (primary N) is 1. The molecule has 3 N–H and O–H groups in total. The second-order valence-electron chi connectivity index (χ2n) is 9.51. The number of aromatic hydroxyl groups is 1. The molecule has 0 amide bonds. The monoisotopic (exact) mass is 493 g/mol. The lowest BCUT2D eigenvalue weighted by molar-refractivity contribution is 0.332. The van der Waals surface area contributed by atoms with E-state index in [0.29, 0.717) is 17.6 Å². The minimum atomic E-state index is -0.438. The van der Waals surface area contributed by atoms with Gasteiger partial charge in [0, 0.05) is 24.3 Å². The van der Waals surface area contributed by atoms with Crippen molar-refractivity contribution in [3.63, 3.8) is 0 Å². The van der Waals surface area contributed by atoms with Gasteiger partial charge < -0.3 is 10.8 Å². The Morgan fingerprint density at radius 3 is 2.57 bits per heavy atom. The Labute approximate surface area is 214 Å². The van der Waals surface area contributed by atoms with Crippen LogP contribution in [0.3, 0.4) is 0 Å². The first kappa shape index (κ1) is 23.3. The molecule has 0 bridgehead atoms. The fourth-order valence-electron chi connectivity index (χ4n) is 5.21. The Bertz CT molecular complexity index is 1590. The van der Waals surface area contributed by atoms with Gasteiger partial charge in [-0.2, -0.15) is 0 Å². The highest BCUT2D eigenvalue weighted by molar-refractivity contribution is 5.89. The number of halogens is 1. The van der Waals surface area contributed by atoms with Gasteiger partial charge in [0.25, 0.3) is 0 Å².